The zero-order valence-electron chi connectivity index (χ0n) is 20.5. The smallest absolute Gasteiger partial charge is 0.347 e. The molecule has 0 radical (unpaired) electrons. The molecule has 1 heterocycles. The summed E-state index contributed by atoms with van der Waals surface area (Å²) in [6.45, 7) is 2.55. The monoisotopic (exact) mass is 513 g/mol. The number of hydrogen-bond donors (Lipinski definition) is 1. The minimum Gasteiger partial charge on any atom is -0.493 e. The molecule has 0 bridgehead atoms. The van der Waals surface area contributed by atoms with Crippen molar-refractivity contribution in [3.05, 3.63) is 89.2 Å². The van der Waals surface area contributed by atoms with Gasteiger partial charge in [-0.15, -0.1) is 5.06 Å². The predicted octanol–water partition coefficient (Wildman–Crippen LogP) is 3.59. The molecule has 0 aliphatic heterocycles. The summed E-state index contributed by atoms with van der Waals surface area (Å²) in [7, 11) is 2.81. The first-order valence-corrected chi connectivity index (χ1v) is 11.1. The summed E-state index contributed by atoms with van der Waals surface area (Å²) in [6.07, 6.45) is 1.29. The van der Waals surface area contributed by atoms with Crippen LogP contribution in [0, 0.1) is 11.6 Å². The molecule has 3 rings (SSSR count). The summed E-state index contributed by atoms with van der Waals surface area (Å²) >= 11 is 0. The summed E-state index contributed by atoms with van der Waals surface area (Å²) in [5, 5.41) is 3.67. The lowest BCUT2D eigenvalue weighted by molar-refractivity contribution is -0.193. The minimum atomic E-state index is -1.16. The summed E-state index contributed by atoms with van der Waals surface area (Å²) in [5.41, 5.74) is 0.885. The Labute approximate surface area is 211 Å². The van der Waals surface area contributed by atoms with Gasteiger partial charge in [0.2, 0.25) is 5.75 Å². The fourth-order valence-electron chi connectivity index (χ4n) is 3.50. The van der Waals surface area contributed by atoms with Crippen LogP contribution >= 0.6 is 0 Å². The summed E-state index contributed by atoms with van der Waals surface area (Å²) in [5.74, 6) is -3.32. The molecule has 0 spiro atoms. The van der Waals surface area contributed by atoms with Crippen LogP contribution in [0.1, 0.15) is 41.5 Å². The predicted molar refractivity (Wildman–Crippen MR) is 128 cm³/mol. The number of amides is 1. The van der Waals surface area contributed by atoms with Crippen molar-refractivity contribution in [1.29, 1.82) is 0 Å². The van der Waals surface area contributed by atoms with E-state index in [0.29, 0.717) is 11.1 Å². The van der Waals surface area contributed by atoms with Gasteiger partial charge in [0.25, 0.3) is 5.91 Å². The molecule has 1 N–H and O–H groups in total. The Balaban J connectivity index is 1.78. The number of nitrogens with zero attached hydrogens (tertiary/aromatic N) is 2. The van der Waals surface area contributed by atoms with Crippen LogP contribution in [0.2, 0.25) is 0 Å². The van der Waals surface area contributed by atoms with E-state index in [1.807, 2.05) is 0 Å². The molecular formula is C26H25F2N3O6. The number of rotatable bonds is 9. The number of nitrogens with one attached hydrogen (secondary N) is 1. The van der Waals surface area contributed by atoms with Gasteiger partial charge in [0.1, 0.15) is 17.7 Å². The number of aromatic nitrogens is 1. The Hall–Kier alpha value is -4.38. The average molecular weight is 513 g/mol. The van der Waals surface area contributed by atoms with Crippen molar-refractivity contribution in [2.75, 3.05) is 14.2 Å². The SMILES string of the molecule is COc1ccnc(C(=O)NC(C)C(=O)ON(C)C(c2ccc(F)cc2)c2ccc(F)cc2)c1OC(C)=O. The van der Waals surface area contributed by atoms with Crippen LogP contribution in [0.4, 0.5) is 8.78 Å². The van der Waals surface area contributed by atoms with Crippen LogP contribution in [-0.4, -0.2) is 48.1 Å². The maximum absolute atomic E-state index is 13.5. The van der Waals surface area contributed by atoms with Crippen molar-refractivity contribution in [3.8, 4) is 11.5 Å². The summed E-state index contributed by atoms with van der Waals surface area (Å²) < 4.78 is 37.2. The Morgan fingerprint density at radius 1 is 0.946 bits per heavy atom. The van der Waals surface area contributed by atoms with E-state index in [4.69, 9.17) is 14.3 Å². The number of pyridine rings is 1. The second-order valence-electron chi connectivity index (χ2n) is 7.94. The molecule has 1 unspecified atom stereocenters. The Bertz CT molecular complexity index is 1220. The molecular weight excluding hydrogens is 488 g/mol. The van der Waals surface area contributed by atoms with Crippen molar-refractivity contribution < 1.29 is 37.5 Å². The summed E-state index contributed by atoms with van der Waals surface area (Å²) in [6, 6.07) is 10.6. The van der Waals surface area contributed by atoms with E-state index < -0.39 is 41.6 Å². The molecule has 1 aromatic heterocycles. The number of hydroxylamine groups is 2. The van der Waals surface area contributed by atoms with Gasteiger partial charge < -0.3 is 19.6 Å². The fourth-order valence-corrected chi connectivity index (χ4v) is 3.50. The van der Waals surface area contributed by atoms with Crippen LogP contribution in [0.15, 0.2) is 60.8 Å². The number of esters is 1. The number of methoxy groups -OCH3 is 1. The molecule has 0 aliphatic carbocycles. The Morgan fingerprint density at radius 2 is 1.49 bits per heavy atom. The number of hydrogen-bond acceptors (Lipinski definition) is 8. The Kier molecular flexibility index (Phi) is 8.86. The molecule has 0 aliphatic rings. The first-order valence-electron chi connectivity index (χ1n) is 11.1. The van der Waals surface area contributed by atoms with Crippen LogP contribution in [-0.2, 0) is 14.4 Å². The first-order chi connectivity index (χ1) is 17.6. The van der Waals surface area contributed by atoms with Gasteiger partial charge in [-0.05, 0) is 42.3 Å². The van der Waals surface area contributed by atoms with Crippen LogP contribution in [0.25, 0.3) is 0 Å². The average Bonchev–Trinajstić information content (AvgIpc) is 2.86. The van der Waals surface area contributed by atoms with Crippen LogP contribution in [0.5, 0.6) is 11.5 Å². The molecule has 1 amide bonds. The molecule has 194 valence electrons. The number of carbonyl (C=O) groups excluding carboxylic acids is 3. The zero-order valence-corrected chi connectivity index (χ0v) is 20.5. The lowest BCUT2D eigenvalue weighted by Crippen LogP contribution is -2.43. The second kappa shape index (κ2) is 12.0. The van der Waals surface area contributed by atoms with E-state index in [-0.39, 0.29) is 17.2 Å². The largest absolute Gasteiger partial charge is 0.493 e. The van der Waals surface area contributed by atoms with E-state index in [9.17, 15) is 23.2 Å². The molecule has 2 aromatic carbocycles. The lowest BCUT2D eigenvalue weighted by Gasteiger charge is -2.28. The number of benzene rings is 2. The quantitative estimate of drug-likeness (QED) is 0.342. The van der Waals surface area contributed by atoms with Gasteiger partial charge >= 0.3 is 11.9 Å². The highest BCUT2D eigenvalue weighted by atomic mass is 19.1. The molecule has 3 aromatic rings. The van der Waals surface area contributed by atoms with E-state index in [1.165, 1.54) is 86.9 Å². The highest BCUT2D eigenvalue weighted by molar-refractivity contribution is 5.98. The number of ether oxygens (including phenoxy) is 2. The van der Waals surface area contributed by atoms with Gasteiger partial charge in [-0.3, -0.25) is 9.59 Å². The molecule has 37 heavy (non-hydrogen) atoms. The van der Waals surface area contributed by atoms with Gasteiger partial charge in [0, 0.05) is 26.2 Å². The van der Waals surface area contributed by atoms with Gasteiger partial charge in [0.05, 0.1) is 13.2 Å². The van der Waals surface area contributed by atoms with Crippen molar-refractivity contribution in [3.63, 3.8) is 0 Å². The van der Waals surface area contributed by atoms with E-state index in [1.54, 1.807) is 0 Å². The third kappa shape index (κ3) is 6.85. The fraction of sp³-hybridized carbons (Fsp3) is 0.231. The van der Waals surface area contributed by atoms with Crippen LogP contribution in [0.3, 0.4) is 0 Å². The maximum Gasteiger partial charge on any atom is 0.347 e. The van der Waals surface area contributed by atoms with Gasteiger partial charge in [-0.2, -0.15) is 0 Å². The van der Waals surface area contributed by atoms with Crippen LogP contribution < -0.4 is 14.8 Å². The topological polar surface area (TPSA) is 107 Å². The Morgan fingerprint density at radius 3 is 1.97 bits per heavy atom. The van der Waals surface area contributed by atoms with E-state index >= 15 is 0 Å². The van der Waals surface area contributed by atoms with Gasteiger partial charge in [0.15, 0.2) is 11.4 Å². The maximum atomic E-state index is 13.5. The normalized spacial score (nSPS) is 11.7. The van der Waals surface area contributed by atoms with Crippen molar-refractivity contribution in [1.82, 2.24) is 15.4 Å². The zero-order chi connectivity index (χ0) is 27.1. The van der Waals surface area contributed by atoms with E-state index in [0.717, 1.165) is 6.92 Å². The standard InChI is InChI=1S/C26H25F2N3O6/c1-15(30-25(33)22-24(36-16(2)32)21(35-4)13-14-29-22)26(34)37-31(3)23(17-5-9-19(27)10-6-17)18-7-11-20(28)12-8-18/h5-15,23H,1-4H3,(H,30,33). The number of halogens is 2. The molecule has 0 fully saturated rings. The van der Waals surface area contributed by atoms with E-state index in [2.05, 4.69) is 10.3 Å². The third-order valence-corrected chi connectivity index (χ3v) is 5.22. The molecule has 0 saturated carbocycles. The van der Waals surface area contributed by atoms with Crippen molar-refractivity contribution in [2.24, 2.45) is 0 Å². The van der Waals surface area contributed by atoms with Crippen molar-refractivity contribution >= 4 is 17.8 Å². The third-order valence-electron chi connectivity index (χ3n) is 5.22. The minimum absolute atomic E-state index is 0.103. The molecule has 9 nitrogen and oxygen atoms in total. The molecule has 11 heteroatoms. The molecule has 1 atom stereocenters. The highest BCUT2D eigenvalue weighted by Gasteiger charge is 2.28. The number of carbonyl (C=O) groups is 3. The summed E-state index contributed by atoms with van der Waals surface area (Å²) in [4.78, 5) is 46.6. The lowest BCUT2D eigenvalue weighted by atomic mass is 9.98. The van der Waals surface area contributed by atoms with Crippen molar-refractivity contribution in [2.45, 2.75) is 25.9 Å². The van der Waals surface area contributed by atoms with Gasteiger partial charge in [-0.25, -0.2) is 18.6 Å². The first kappa shape index (κ1) is 27.2. The molecule has 0 saturated heterocycles. The highest BCUT2D eigenvalue weighted by Crippen LogP contribution is 2.30. The second-order valence-corrected chi connectivity index (χ2v) is 7.94. The van der Waals surface area contributed by atoms with Gasteiger partial charge in [-0.1, -0.05) is 24.3 Å².